The Morgan fingerprint density at radius 3 is 2.56 bits per heavy atom. The number of hydrogen-bond acceptors (Lipinski definition) is 3. The normalized spacial score (nSPS) is 11.1. The van der Waals surface area contributed by atoms with E-state index in [1.807, 2.05) is 37.3 Å². The zero-order chi connectivity index (χ0) is 17.4. The Morgan fingerprint density at radius 1 is 1.08 bits per heavy atom. The minimum Gasteiger partial charge on any atom is -0.294 e. The number of aromatic nitrogens is 2. The Labute approximate surface area is 148 Å². The minimum atomic E-state index is -0.320. The number of rotatable bonds is 3. The fraction of sp³-hybridized carbons (Fsp3) is 0.100. The van der Waals surface area contributed by atoms with Crippen molar-refractivity contribution in [3.63, 3.8) is 0 Å². The number of nitrogens with zero attached hydrogens (tertiary/aromatic N) is 2. The molecule has 2 aromatic heterocycles. The fourth-order valence-corrected chi connectivity index (χ4v) is 4.02. The Hall–Kier alpha value is -2.79. The smallest absolute Gasteiger partial charge is 0.263 e. The Balaban J connectivity index is 1.91. The van der Waals surface area contributed by atoms with Crippen LogP contribution in [0.4, 0.5) is 4.39 Å². The molecule has 25 heavy (non-hydrogen) atoms. The summed E-state index contributed by atoms with van der Waals surface area (Å²) in [4.78, 5) is 19.3. The number of hydrogen-bond donors (Lipinski definition) is 0. The first-order chi connectivity index (χ1) is 12.1. The van der Waals surface area contributed by atoms with Crippen LogP contribution in [-0.2, 0) is 6.54 Å². The van der Waals surface area contributed by atoms with Crippen LogP contribution in [0, 0.1) is 12.7 Å². The molecule has 0 saturated heterocycles. The topological polar surface area (TPSA) is 34.9 Å². The van der Waals surface area contributed by atoms with Crippen molar-refractivity contribution < 1.29 is 4.39 Å². The molecule has 4 rings (SSSR count). The molecule has 2 heterocycles. The van der Waals surface area contributed by atoms with Crippen molar-refractivity contribution >= 4 is 21.6 Å². The van der Waals surface area contributed by atoms with E-state index in [0.29, 0.717) is 15.8 Å². The molecule has 0 aliphatic rings. The Morgan fingerprint density at radius 2 is 1.80 bits per heavy atom. The summed E-state index contributed by atoms with van der Waals surface area (Å²) in [5.41, 5.74) is 2.24. The van der Waals surface area contributed by atoms with Crippen LogP contribution in [-0.4, -0.2) is 9.55 Å². The fourth-order valence-electron chi connectivity index (χ4n) is 3.01. The highest BCUT2D eigenvalue weighted by Gasteiger charge is 2.17. The summed E-state index contributed by atoms with van der Waals surface area (Å²) in [5, 5.41) is 0.604. The molecule has 0 amide bonds. The molecule has 0 bridgehead atoms. The quantitative estimate of drug-likeness (QED) is 0.540. The van der Waals surface area contributed by atoms with E-state index in [4.69, 9.17) is 0 Å². The van der Waals surface area contributed by atoms with Crippen LogP contribution in [0.25, 0.3) is 21.3 Å². The van der Waals surface area contributed by atoms with Gasteiger partial charge in [0.25, 0.3) is 5.56 Å². The second-order valence-electron chi connectivity index (χ2n) is 5.85. The van der Waals surface area contributed by atoms with Crippen molar-refractivity contribution in [3.8, 4) is 11.1 Å². The highest BCUT2D eigenvalue weighted by Crippen LogP contribution is 2.35. The first kappa shape index (κ1) is 15.7. The molecule has 2 aromatic carbocycles. The van der Waals surface area contributed by atoms with Gasteiger partial charge in [0.15, 0.2) is 0 Å². The summed E-state index contributed by atoms with van der Waals surface area (Å²) >= 11 is 1.51. The van der Waals surface area contributed by atoms with Crippen molar-refractivity contribution in [2.24, 2.45) is 0 Å². The van der Waals surface area contributed by atoms with E-state index in [9.17, 15) is 9.18 Å². The molecular weight excluding hydrogens is 335 g/mol. The summed E-state index contributed by atoms with van der Waals surface area (Å²) < 4.78 is 15.4. The summed E-state index contributed by atoms with van der Waals surface area (Å²) in [6.07, 6.45) is 1.50. The van der Waals surface area contributed by atoms with Crippen molar-refractivity contribution in [2.45, 2.75) is 13.5 Å². The maximum absolute atomic E-state index is 13.9. The van der Waals surface area contributed by atoms with Gasteiger partial charge < -0.3 is 0 Å². The molecule has 0 spiro atoms. The summed E-state index contributed by atoms with van der Waals surface area (Å²) in [6, 6.07) is 16.3. The van der Waals surface area contributed by atoms with Gasteiger partial charge in [-0.2, -0.15) is 0 Å². The average molecular weight is 350 g/mol. The Bertz CT molecular complexity index is 1120. The predicted molar refractivity (Wildman–Crippen MR) is 99.6 cm³/mol. The van der Waals surface area contributed by atoms with E-state index in [1.54, 1.807) is 18.2 Å². The van der Waals surface area contributed by atoms with Gasteiger partial charge in [-0.05, 0) is 18.6 Å². The highest BCUT2D eigenvalue weighted by molar-refractivity contribution is 7.19. The van der Waals surface area contributed by atoms with Gasteiger partial charge in [0.2, 0.25) is 0 Å². The molecule has 0 aliphatic carbocycles. The second-order valence-corrected chi connectivity index (χ2v) is 7.05. The van der Waals surface area contributed by atoms with Gasteiger partial charge in [0.1, 0.15) is 10.6 Å². The Kier molecular flexibility index (Phi) is 3.93. The molecule has 3 nitrogen and oxygen atoms in total. The van der Waals surface area contributed by atoms with Crippen molar-refractivity contribution in [1.82, 2.24) is 9.55 Å². The van der Waals surface area contributed by atoms with Crippen LogP contribution < -0.4 is 5.56 Å². The monoisotopic (exact) mass is 350 g/mol. The van der Waals surface area contributed by atoms with Gasteiger partial charge in [-0.25, -0.2) is 9.37 Å². The molecule has 0 saturated carbocycles. The van der Waals surface area contributed by atoms with Crippen LogP contribution in [0.15, 0.2) is 65.7 Å². The number of aryl methyl sites for hydroxylation is 1. The third-order valence-corrected chi connectivity index (χ3v) is 5.23. The first-order valence-corrected chi connectivity index (χ1v) is 8.74. The third-order valence-electron chi connectivity index (χ3n) is 4.22. The lowest BCUT2D eigenvalue weighted by Crippen LogP contribution is -2.21. The lowest BCUT2D eigenvalue weighted by molar-refractivity contribution is 0.595. The third kappa shape index (κ3) is 2.76. The van der Waals surface area contributed by atoms with Crippen LogP contribution in [0.2, 0.25) is 0 Å². The minimum absolute atomic E-state index is 0.142. The van der Waals surface area contributed by atoms with E-state index in [-0.39, 0.29) is 17.9 Å². The standard InChI is InChI=1S/C20H15FN2OS/c1-13-17(14-7-3-2-4-8-14)18-19(25-13)22-12-23(20(18)24)11-15-9-5-6-10-16(15)21/h2-10,12H,11H2,1H3. The van der Waals surface area contributed by atoms with Crippen molar-refractivity contribution in [1.29, 1.82) is 0 Å². The second kappa shape index (κ2) is 6.26. The number of halogens is 1. The number of thiophene rings is 1. The molecule has 0 radical (unpaired) electrons. The molecule has 0 aliphatic heterocycles. The molecule has 0 fully saturated rings. The van der Waals surface area contributed by atoms with Crippen LogP contribution in [0.1, 0.15) is 10.4 Å². The van der Waals surface area contributed by atoms with Crippen LogP contribution in [0.3, 0.4) is 0 Å². The average Bonchev–Trinajstić information content (AvgIpc) is 2.97. The zero-order valence-electron chi connectivity index (χ0n) is 13.6. The van der Waals surface area contributed by atoms with Crippen molar-refractivity contribution in [2.75, 3.05) is 0 Å². The molecule has 4 aromatic rings. The van der Waals surface area contributed by atoms with E-state index >= 15 is 0 Å². The molecule has 0 N–H and O–H groups in total. The van der Waals surface area contributed by atoms with Gasteiger partial charge in [-0.15, -0.1) is 11.3 Å². The van der Waals surface area contributed by atoms with Gasteiger partial charge >= 0.3 is 0 Å². The zero-order valence-corrected chi connectivity index (χ0v) is 14.4. The van der Waals surface area contributed by atoms with E-state index < -0.39 is 0 Å². The first-order valence-electron chi connectivity index (χ1n) is 7.92. The van der Waals surface area contributed by atoms with Gasteiger partial charge in [-0.3, -0.25) is 9.36 Å². The van der Waals surface area contributed by atoms with Gasteiger partial charge in [0, 0.05) is 16.0 Å². The molecule has 124 valence electrons. The molecule has 0 atom stereocenters. The maximum Gasteiger partial charge on any atom is 0.263 e. The predicted octanol–water partition coefficient (Wildman–Crippen LogP) is 4.62. The largest absolute Gasteiger partial charge is 0.294 e. The summed E-state index contributed by atoms with van der Waals surface area (Å²) in [6.45, 7) is 2.16. The van der Waals surface area contributed by atoms with Crippen LogP contribution >= 0.6 is 11.3 Å². The number of fused-ring (bicyclic) bond motifs is 1. The van der Waals surface area contributed by atoms with E-state index in [2.05, 4.69) is 4.98 Å². The van der Waals surface area contributed by atoms with Gasteiger partial charge in [0.05, 0.1) is 18.3 Å². The lowest BCUT2D eigenvalue weighted by Gasteiger charge is -2.07. The van der Waals surface area contributed by atoms with E-state index in [1.165, 1.54) is 28.3 Å². The van der Waals surface area contributed by atoms with E-state index in [0.717, 1.165) is 16.0 Å². The number of benzene rings is 2. The summed E-state index contributed by atoms with van der Waals surface area (Å²) in [5.74, 6) is -0.320. The molecule has 0 unspecified atom stereocenters. The maximum atomic E-state index is 13.9. The molecular formula is C20H15FN2OS. The lowest BCUT2D eigenvalue weighted by atomic mass is 10.0. The SMILES string of the molecule is Cc1sc2ncn(Cc3ccccc3F)c(=O)c2c1-c1ccccc1. The molecule has 5 heteroatoms. The summed E-state index contributed by atoms with van der Waals surface area (Å²) in [7, 11) is 0. The van der Waals surface area contributed by atoms with Crippen molar-refractivity contribution in [3.05, 3.63) is 87.5 Å². The highest BCUT2D eigenvalue weighted by atomic mass is 32.1. The van der Waals surface area contributed by atoms with Crippen LogP contribution in [0.5, 0.6) is 0 Å². The van der Waals surface area contributed by atoms with Gasteiger partial charge in [-0.1, -0.05) is 48.5 Å².